The SMILES string of the molecule is CCN(CC)S(=O)(=O)c1ccc(CCC(=O)Nc2ccccc2OC2CCCC2)cc1. The molecule has 168 valence electrons. The van der Waals surface area contributed by atoms with Gasteiger partial charge in [0.1, 0.15) is 5.75 Å². The number of aryl methyl sites for hydroxylation is 1. The molecule has 2 aromatic carbocycles. The first-order valence-electron chi connectivity index (χ1n) is 11.1. The first kappa shape index (κ1) is 23.3. The largest absolute Gasteiger partial charge is 0.488 e. The van der Waals surface area contributed by atoms with E-state index >= 15 is 0 Å². The summed E-state index contributed by atoms with van der Waals surface area (Å²) in [5.41, 5.74) is 1.62. The van der Waals surface area contributed by atoms with Crippen molar-refractivity contribution in [3.63, 3.8) is 0 Å². The van der Waals surface area contributed by atoms with Gasteiger partial charge in [-0.15, -0.1) is 0 Å². The lowest BCUT2D eigenvalue weighted by Gasteiger charge is -2.18. The van der Waals surface area contributed by atoms with E-state index in [4.69, 9.17) is 4.74 Å². The summed E-state index contributed by atoms with van der Waals surface area (Å²) in [6.45, 7) is 4.52. The Kier molecular flexibility index (Phi) is 8.09. The Bertz CT molecular complexity index is 963. The van der Waals surface area contributed by atoms with Gasteiger partial charge in [-0.25, -0.2) is 8.42 Å². The molecule has 1 amide bonds. The summed E-state index contributed by atoms with van der Waals surface area (Å²) in [5.74, 6) is 0.621. The number of hydrogen-bond donors (Lipinski definition) is 1. The maximum Gasteiger partial charge on any atom is 0.243 e. The second-order valence-electron chi connectivity index (χ2n) is 7.80. The Morgan fingerprint density at radius 2 is 1.68 bits per heavy atom. The summed E-state index contributed by atoms with van der Waals surface area (Å²) in [4.78, 5) is 12.8. The van der Waals surface area contributed by atoms with Crippen LogP contribution in [0.4, 0.5) is 5.69 Å². The molecule has 3 rings (SSSR count). The molecule has 0 radical (unpaired) electrons. The normalized spacial score (nSPS) is 14.7. The fourth-order valence-electron chi connectivity index (χ4n) is 3.87. The fourth-order valence-corrected chi connectivity index (χ4v) is 5.33. The van der Waals surface area contributed by atoms with Crippen molar-refractivity contribution in [2.45, 2.75) is 63.4 Å². The van der Waals surface area contributed by atoms with E-state index in [0.29, 0.717) is 37.4 Å². The Balaban J connectivity index is 1.57. The number of carbonyl (C=O) groups is 1. The maximum absolute atomic E-state index is 12.6. The van der Waals surface area contributed by atoms with Crippen molar-refractivity contribution in [1.82, 2.24) is 4.31 Å². The number of sulfonamides is 1. The van der Waals surface area contributed by atoms with Crippen LogP contribution in [-0.4, -0.2) is 37.8 Å². The van der Waals surface area contributed by atoms with Gasteiger partial charge in [-0.3, -0.25) is 4.79 Å². The summed E-state index contributed by atoms with van der Waals surface area (Å²) < 4.78 is 32.7. The number of hydrogen-bond acceptors (Lipinski definition) is 4. The minimum Gasteiger partial charge on any atom is -0.488 e. The standard InChI is InChI=1S/C24H32N2O4S/c1-3-26(4-2)31(28,29)21-16-13-19(14-17-21)15-18-24(27)25-22-11-7-8-12-23(22)30-20-9-5-6-10-20/h7-8,11-14,16-17,20H,3-6,9-10,15,18H2,1-2H3,(H,25,27). The van der Waals surface area contributed by atoms with Crippen LogP contribution >= 0.6 is 0 Å². The second kappa shape index (κ2) is 10.8. The third-order valence-corrected chi connectivity index (χ3v) is 7.73. The lowest BCUT2D eigenvalue weighted by molar-refractivity contribution is -0.116. The van der Waals surface area contributed by atoms with Crippen LogP contribution in [0, 0.1) is 0 Å². The number of ether oxygens (including phenoxy) is 1. The molecule has 0 bridgehead atoms. The van der Waals surface area contributed by atoms with E-state index in [-0.39, 0.29) is 16.9 Å². The predicted molar refractivity (Wildman–Crippen MR) is 123 cm³/mol. The van der Waals surface area contributed by atoms with Crippen LogP contribution in [0.5, 0.6) is 5.75 Å². The van der Waals surface area contributed by atoms with E-state index < -0.39 is 10.0 Å². The van der Waals surface area contributed by atoms with Gasteiger partial charge >= 0.3 is 0 Å². The summed E-state index contributed by atoms with van der Waals surface area (Å²) in [6.07, 6.45) is 5.56. The molecule has 6 nitrogen and oxygen atoms in total. The molecule has 1 aliphatic rings. The lowest BCUT2D eigenvalue weighted by atomic mass is 10.1. The van der Waals surface area contributed by atoms with Crippen molar-refractivity contribution < 1.29 is 17.9 Å². The molecule has 1 N–H and O–H groups in total. The fraction of sp³-hybridized carbons (Fsp3) is 0.458. The average molecular weight is 445 g/mol. The van der Waals surface area contributed by atoms with E-state index in [1.165, 1.54) is 17.1 Å². The minimum absolute atomic E-state index is 0.0951. The molecule has 2 aromatic rings. The first-order chi connectivity index (χ1) is 14.9. The molecular weight excluding hydrogens is 412 g/mol. The minimum atomic E-state index is -3.46. The van der Waals surface area contributed by atoms with Crippen molar-refractivity contribution >= 4 is 21.6 Å². The van der Waals surface area contributed by atoms with E-state index in [2.05, 4.69) is 5.32 Å². The monoisotopic (exact) mass is 444 g/mol. The maximum atomic E-state index is 12.6. The van der Waals surface area contributed by atoms with Crippen molar-refractivity contribution in [3.8, 4) is 5.75 Å². The molecule has 31 heavy (non-hydrogen) atoms. The molecule has 0 heterocycles. The number of carbonyl (C=O) groups excluding carboxylic acids is 1. The summed E-state index contributed by atoms with van der Waals surface area (Å²) in [6, 6.07) is 14.3. The molecule has 0 atom stereocenters. The van der Waals surface area contributed by atoms with Crippen LogP contribution in [0.1, 0.15) is 51.5 Å². The van der Waals surface area contributed by atoms with Crippen LogP contribution in [0.25, 0.3) is 0 Å². The van der Waals surface area contributed by atoms with E-state index in [9.17, 15) is 13.2 Å². The van der Waals surface area contributed by atoms with Crippen LogP contribution in [-0.2, 0) is 21.2 Å². The van der Waals surface area contributed by atoms with Gasteiger partial charge in [-0.2, -0.15) is 4.31 Å². The van der Waals surface area contributed by atoms with Crippen LogP contribution in [0.15, 0.2) is 53.4 Å². The number of rotatable bonds is 10. The van der Waals surface area contributed by atoms with Crippen molar-refractivity contribution in [1.29, 1.82) is 0 Å². The highest BCUT2D eigenvalue weighted by Gasteiger charge is 2.21. The van der Waals surface area contributed by atoms with Gasteiger partial charge in [0, 0.05) is 19.5 Å². The molecule has 1 fully saturated rings. The van der Waals surface area contributed by atoms with Gasteiger partial charge in [0.15, 0.2) is 0 Å². The molecule has 0 aromatic heterocycles. The topological polar surface area (TPSA) is 75.7 Å². The second-order valence-corrected chi connectivity index (χ2v) is 9.74. The molecule has 0 unspecified atom stereocenters. The molecule has 0 spiro atoms. The third-order valence-electron chi connectivity index (χ3n) is 5.66. The van der Waals surface area contributed by atoms with Crippen LogP contribution < -0.4 is 10.1 Å². The molecule has 0 saturated heterocycles. The van der Waals surface area contributed by atoms with Crippen LogP contribution in [0.3, 0.4) is 0 Å². The number of para-hydroxylation sites is 2. The third kappa shape index (κ3) is 6.08. The summed E-state index contributed by atoms with van der Waals surface area (Å²) in [7, 11) is -3.46. The predicted octanol–water partition coefficient (Wildman–Crippen LogP) is 4.61. The van der Waals surface area contributed by atoms with Gasteiger partial charge in [0.05, 0.1) is 16.7 Å². The van der Waals surface area contributed by atoms with Gasteiger partial charge in [-0.1, -0.05) is 38.1 Å². The number of nitrogens with zero attached hydrogens (tertiary/aromatic N) is 1. The smallest absolute Gasteiger partial charge is 0.243 e. The highest BCUT2D eigenvalue weighted by Crippen LogP contribution is 2.29. The summed E-state index contributed by atoms with van der Waals surface area (Å²) >= 11 is 0. The zero-order valence-corrected chi connectivity index (χ0v) is 19.2. The zero-order chi connectivity index (χ0) is 22.3. The molecule has 0 aliphatic heterocycles. The molecule has 1 saturated carbocycles. The lowest BCUT2D eigenvalue weighted by Crippen LogP contribution is -2.30. The molecule has 7 heteroatoms. The quantitative estimate of drug-likeness (QED) is 0.581. The summed E-state index contributed by atoms with van der Waals surface area (Å²) in [5, 5.41) is 2.95. The Morgan fingerprint density at radius 1 is 1.03 bits per heavy atom. The Labute approximate surface area is 185 Å². The number of amides is 1. The molecular formula is C24H32N2O4S. The zero-order valence-electron chi connectivity index (χ0n) is 18.3. The Morgan fingerprint density at radius 3 is 2.32 bits per heavy atom. The first-order valence-corrected chi connectivity index (χ1v) is 12.5. The highest BCUT2D eigenvalue weighted by molar-refractivity contribution is 7.89. The van der Waals surface area contributed by atoms with E-state index in [0.717, 1.165) is 18.4 Å². The van der Waals surface area contributed by atoms with Gasteiger partial charge in [0.25, 0.3) is 0 Å². The average Bonchev–Trinajstić information content (AvgIpc) is 3.28. The number of nitrogens with one attached hydrogen (secondary N) is 1. The van der Waals surface area contributed by atoms with Gasteiger partial charge < -0.3 is 10.1 Å². The van der Waals surface area contributed by atoms with Gasteiger partial charge in [-0.05, 0) is 61.9 Å². The Hall–Kier alpha value is -2.38. The van der Waals surface area contributed by atoms with Crippen molar-refractivity contribution in [3.05, 3.63) is 54.1 Å². The highest BCUT2D eigenvalue weighted by atomic mass is 32.2. The van der Waals surface area contributed by atoms with Crippen molar-refractivity contribution in [2.24, 2.45) is 0 Å². The van der Waals surface area contributed by atoms with E-state index in [1.807, 2.05) is 38.1 Å². The van der Waals surface area contributed by atoms with E-state index in [1.54, 1.807) is 24.3 Å². The van der Waals surface area contributed by atoms with Gasteiger partial charge in [0.2, 0.25) is 15.9 Å². The number of anilines is 1. The van der Waals surface area contributed by atoms with Crippen molar-refractivity contribution in [2.75, 3.05) is 18.4 Å². The van der Waals surface area contributed by atoms with Crippen LogP contribution in [0.2, 0.25) is 0 Å². The number of benzene rings is 2. The molecule has 1 aliphatic carbocycles.